The van der Waals surface area contributed by atoms with Gasteiger partial charge < -0.3 is 14.4 Å². The number of hydrogen-bond acceptors (Lipinski definition) is 5. The maximum atomic E-state index is 15.1. The van der Waals surface area contributed by atoms with E-state index < -0.39 is 204 Å². The van der Waals surface area contributed by atoms with Gasteiger partial charge in [0.15, 0.2) is 5.16 Å². The summed E-state index contributed by atoms with van der Waals surface area (Å²) in [5, 5.41) is -1.10. The molecule has 0 aliphatic heterocycles. The van der Waals surface area contributed by atoms with E-state index in [0.29, 0.717) is 9.80 Å². The molecule has 4 aromatic rings. The van der Waals surface area contributed by atoms with E-state index >= 15 is 4.79 Å². The Balaban J connectivity index is 1.81. The Kier molecular flexibility index (Phi) is 5.22. The molecule has 1 aliphatic carbocycles. The lowest BCUT2D eigenvalue weighted by Crippen LogP contribution is -2.40. The first kappa shape index (κ1) is 16.2. The van der Waals surface area contributed by atoms with Crippen molar-refractivity contribution in [1.29, 1.82) is 0 Å². The van der Waals surface area contributed by atoms with E-state index in [1.54, 1.807) is 0 Å². The Morgan fingerprint density at radius 2 is 1.67 bits per heavy atom. The monoisotopic (exact) mass is 703 g/mol. The van der Waals surface area contributed by atoms with Crippen LogP contribution >= 0.6 is 11.8 Å². The quantitative estimate of drug-likeness (QED) is 0.0819. The summed E-state index contributed by atoms with van der Waals surface area (Å²) in [7, 11) is 0. The number of benzene rings is 3. The Labute approximate surface area is 315 Å². The van der Waals surface area contributed by atoms with Crippen molar-refractivity contribution in [2.75, 3.05) is 26.1 Å². The van der Waals surface area contributed by atoms with Crippen LogP contribution in [0.1, 0.15) is 85.3 Å². The number of amides is 1. The van der Waals surface area contributed by atoms with Crippen molar-refractivity contribution in [3.05, 3.63) is 116 Å². The van der Waals surface area contributed by atoms with Crippen LogP contribution in [-0.4, -0.2) is 51.3 Å². The smallest absolute Gasteiger partial charge is 0.336 e. The number of carbonyl (C=O) groups is 1. The van der Waals surface area contributed by atoms with Crippen LogP contribution in [0.2, 0.25) is 0 Å². The van der Waals surface area contributed by atoms with Crippen molar-refractivity contribution >= 4 is 17.7 Å². The minimum Gasteiger partial charge on any atom is -0.336 e. The minimum absolute atomic E-state index is 0.0304. The van der Waals surface area contributed by atoms with E-state index in [4.69, 9.17) is 28.8 Å². The van der Waals surface area contributed by atoms with Gasteiger partial charge in [-0.3, -0.25) is 9.59 Å². The molecule has 5 rings (SSSR count). The first-order valence-corrected chi connectivity index (χ1v) is 14.8. The summed E-state index contributed by atoms with van der Waals surface area (Å²) in [6.45, 7) is -9.82. The van der Waals surface area contributed by atoms with Crippen molar-refractivity contribution in [2.24, 2.45) is 0 Å². The number of aromatic nitrogens is 2. The molecule has 0 spiro atoms. The van der Waals surface area contributed by atoms with Gasteiger partial charge in [0.1, 0.15) is 12.3 Å². The summed E-state index contributed by atoms with van der Waals surface area (Å²) < 4.78 is 252. The molecule has 0 saturated carbocycles. The largest absolute Gasteiger partial charge is 0.416 e. The molecule has 0 unspecified atom stereocenters. The van der Waals surface area contributed by atoms with Gasteiger partial charge in [0.05, 0.1) is 23.4 Å². The summed E-state index contributed by atoms with van der Waals surface area (Å²) in [6, 6.07) is -12.7. The lowest BCUT2D eigenvalue weighted by atomic mass is 9.98. The molecule has 0 fully saturated rings. The molecule has 11 heteroatoms. The van der Waals surface area contributed by atoms with E-state index in [1.165, 1.54) is 0 Å². The zero-order valence-electron chi connectivity index (χ0n) is 48.4. The summed E-state index contributed by atoms with van der Waals surface area (Å²) in [6.07, 6.45) is -16.4. The third-order valence-electron chi connectivity index (χ3n) is 6.61. The third-order valence-corrected chi connectivity index (χ3v) is 7.58. The highest BCUT2D eigenvalue weighted by atomic mass is 32.2. The van der Waals surface area contributed by atoms with Gasteiger partial charge in [-0.1, -0.05) is 73.9 Å². The lowest BCUT2D eigenvalue weighted by Gasteiger charge is -2.28. The molecule has 6 nitrogen and oxygen atoms in total. The number of carbonyl (C=O) groups excluding carboxylic acids is 1. The Morgan fingerprint density at radius 1 is 1.00 bits per heavy atom. The van der Waals surface area contributed by atoms with Gasteiger partial charge in [-0.15, -0.1) is 0 Å². The van der Waals surface area contributed by atoms with Crippen LogP contribution in [0.25, 0.3) is 11.1 Å². The molecule has 3 aromatic carbocycles. The van der Waals surface area contributed by atoms with E-state index in [-0.39, 0.29) is 16.3 Å². The van der Waals surface area contributed by atoms with Crippen LogP contribution in [0, 0.1) is 12.7 Å². The van der Waals surface area contributed by atoms with E-state index in [2.05, 4.69) is 4.98 Å². The maximum Gasteiger partial charge on any atom is 0.416 e. The minimum atomic E-state index is -5.24. The molecule has 48 heavy (non-hydrogen) atoms. The zero-order valence-corrected chi connectivity index (χ0v) is 26.2. The highest BCUT2D eigenvalue weighted by Gasteiger charge is 2.32. The fourth-order valence-corrected chi connectivity index (χ4v) is 5.07. The lowest BCUT2D eigenvalue weighted by molar-refractivity contribution is -0.138. The number of thioether (sulfide) groups is 1. The number of halogens is 4. The van der Waals surface area contributed by atoms with Gasteiger partial charge in [0.25, 0.3) is 5.56 Å². The first-order valence-electron chi connectivity index (χ1n) is 25.4. The summed E-state index contributed by atoms with van der Waals surface area (Å²) in [5.74, 6) is -4.42. The molecule has 1 heterocycles. The number of alkyl halides is 3. The highest BCUT2D eigenvalue weighted by Crippen LogP contribution is 2.34. The summed E-state index contributed by atoms with van der Waals surface area (Å²) in [4.78, 5) is 33.3. The topological polar surface area (TPSA) is 58.4 Å². The van der Waals surface area contributed by atoms with Crippen molar-refractivity contribution in [3.8, 4) is 11.1 Å². The van der Waals surface area contributed by atoms with Crippen LogP contribution in [-0.2, 0) is 42.5 Å². The molecular weight excluding hydrogens is 640 g/mol. The van der Waals surface area contributed by atoms with Crippen molar-refractivity contribution in [2.45, 2.75) is 70.0 Å². The van der Waals surface area contributed by atoms with Gasteiger partial charge in [0, 0.05) is 50.4 Å². The average Bonchev–Trinajstić information content (AvgIpc) is 3.34. The van der Waals surface area contributed by atoms with Crippen LogP contribution < -0.4 is 5.56 Å². The van der Waals surface area contributed by atoms with Crippen LogP contribution in [0.3, 0.4) is 0 Å². The number of likely N-dealkylation sites (N-methyl/N-ethyl adjacent to an activating group) is 1. The fourth-order valence-electron chi connectivity index (χ4n) is 4.23. The van der Waals surface area contributed by atoms with Crippen LogP contribution in [0.4, 0.5) is 17.6 Å². The first-order chi connectivity index (χ1) is 31.9. The maximum absolute atomic E-state index is 15.1. The predicted octanol–water partition coefficient (Wildman–Crippen LogP) is 7.53. The highest BCUT2D eigenvalue weighted by molar-refractivity contribution is 7.98. The van der Waals surface area contributed by atoms with E-state index in [0.717, 1.165) is 20.8 Å². The fraction of sp³-hybridized carbons (Fsp3) is 0.378. The number of rotatable bonds is 13. The molecule has 0 atom stereocenters. The number of hydrogen-bond donors (Lipinski definition) is 0. The summed E-state index contributed by atoms with van der Waals surface area (Å²) >= 11 is 0.110. The van der Waals surface area contributed by atoms with Crippen molar-refractivity contribution in [3.63, 3.8) is 0 Å². The van der Waals surface area contributed by atoms with Gasteiger partial charge in [-0.25, -0.2) is 4.39 Å². The van der Waals surface area contributed by atoms with E-state index in [1.807, 2.05) is 0 Å². The Hall–Kier alpha value is -3.96. The molecule has 1 aromatic heterocycles. The molecule has 0 saturated heterocycles. The number of nitrogens with zero attached hydrogens (tertiary/aromatic N) is 4. The van der Waals surface area contributed by atoms with Gasteiger partial charge in [0.2, 0.25) is 5.91 Å². The standard InChI is InChI=1S/C37H40F4N4O2S/c1-4-43(5-2)19-20-44(22-26-9-13-28(14-10-26)29-15-18-32(25(3)21-29)37(39,40)41)34(46)23-45-33-8-6-7-31(33)35(47)42-36(45)48-24-27-11-16-30(38)17-12-27/h9-18,21H,4-8,19-20,22-24H2,1-3H3/i4D2,5D2,6D2,7D2,8D2,9D,10D,11D,12D,13D,14D,15D,16D,17D,18D,21D,23D2. The second kappa shape index (κ2) is 15.5. The molecule has 254 valence electrons. The third kappa shape index (κ3) is 8.54. The molecular formula is C37H40F4N4O2S. The average molecular weight is 704 g/mol. The van der Waals surface area contributed by atoms with Gasteiger partial charge >= 0.3 is 6.18 Å². The second-order valence-electron chi connectivity index (χ2n) is 9.75. The van der Waals surface area contributed by atoms with Crippen LogP contribution in [0.15, 0.2) is 76.4 Å². The Bertz CT molecular complexity index is 2840. The second-order valence-corrected chi connectivity index (χ2v) is 10.7. The van der Waals surface area contributed by atoms with Crippen LogP contribution in [0.5, 0.6) is 0 Å². The van der Waals surface area contributed by atoms with E-state index in [9.17, 15) is 25.1 Å². The SMILES string of the molecule is [2H]c1c([2H])c(CSc2nc(=O)c3c(n2C([2H])([2H])C(=O)N(CCN(C([2H])([2H])C)C([2H])([2H])C)Cc2c([2H])c([2H])c(-c4c([2H])c([2H])c(C(F)(F)F)c(C)c4[2H])c([2H])c2[2H])C([2H])([2H])C([2H])([2H])C3([2H])[2H])c([2H])c([2H])c1F. The molecule has 0 bridgehead atoms. The normalized spacial score (nSPS) is 23.8. The molecule has 1 aliphatic rings. The van der Waals surface area contributed by atoms with Crippen molar-refractivity contribution in [1.82, 2.24) is 19.4 Å². The molecule has 0 radical (unpaired) electrons. The van der Waals surface area contributed by atoms with Gasteiger partial charge in [-0.05, 0) is 85.0 Å². The zero-order chi connectivity index (χ0) is 54.8. The number of fused-ring (bicyclic) bond motifs is 1. The Morgan fingerprint density at radius 3 is 2.33 bits per heavy atom. The molecule has 1 amide bonds. The van der Waals surface area contributed by atoms with Crippen molar-refractivity contribution < 1.29 is 53.9 Å². The predicted molar refractivity (Wildman–Crippen MR) is 181 cm³/mol. The summed E-state index contributed by atoms with van der Waals surface area (Å²) in [5.41, 5.74) is -10.5. The van der Waals surface area contributed by atoms with Gasteiger partial charge in [-0.2, -0.15) is 18.2 Å². The molecule has 0 N–H and O–H groups in total.